The van der Waals surface area contributed by atoms with Gasteiger partial charge in [0.2, 0.25) is 0 Å². The molecule has 1 unspecified atom stereocenters. The lowest BCUT2D eigenvalue weighted by Gasteiger charge is -2.06. The van der Waals surface area contributed by atoms with Crippen molar-refractivity contribution >= 4 is 0 Å². The number of aromatic nitrogens is 2. The van der Waals surface area contributed by atoms with Crippen molar-refractivity contribution in [2.24, 2.45) is 7.05 Å². The molecule has 0 aliphatic heterocycles. The van der Waals surface area contributed by atoms with E-state index in [1.165, 1.54) is 0 Å². The Morgan fingerprint density at radius 3 is 2.73 bits per heavy atom. The quantitative estimate of drug-likeness (QED) is 0.694. The maximum absolute atomic E-state index is 9.46. The van der Waals surface area contributed by atoms with Crippen molar-refractivity contribution < 1.29 is 5.11 Å². The first-order chi connectivity index (χ1) is 5.15. The lowest BCUT2D eigenvalue weighted by atomic mass is 10.2. The van der Waals surface area contributed by atoms with Crippen LogP contribution in [0.25, 0.3) is 0 Å². The first-order valence-corrected chi connectivity index (χ1v) is 3.83. The van der Waals surface area contributed by atoms with E-state index in [1.807, 2.05) is 27.0 Å². The Morgan fingerprint density at radius 2 is 2.36 bits per heavy atom. The van der Waals surface area contributed by atoms with Crippen molar-refractivity contribution in [1.29, 1.82) is 0 Å². The van der Waals surface area contributed by atoms with Gasteiger partial charge in [0.1, 0.15) is 0 Å². The summed E-state index contributed by atoms with van der Waals surface area (Å²) in [4.78, 5) is 0. The van der Waals surface area contributed by atoms with Gasteiger partial charge in [-0.2, -0.15) is 5.10 Å². The first-order valence-electron chi connectivity index (χ1n) is 3.83. The minimum Gasteiger partial charge on any atom is -0.387 e. The molecule has 1 rings (SSSR count). The Balaban J connectivity index is 2.93. The Hall–Kier alpha value is -0.830. The molecule has 0 amide bonds. The van der Waals surface area contributed by atoms with Crippen LogP contribution in [0.1, 0.15) is 30.8 Å². The van der Waals surface area contributed by atoms with Crippen molar-refractivity contribution in [1.82, 2.24) is 9.78 Å². The molecular weight excluding hydrogens is 140 g/mol. The minimum absolute atomic E-state index is 0.374. The number of hydrogen-bond acceptors (Lipinski definition) is 2. The summed E-state index contributed by atoms with van der Waals surface area (Å²) in [5, 5.41) is 13.6. The van der Waals surface area contributed by atoms with E-state index < -0.39 is 0 Å². The second-order valence-electron chi connectivity index (χ2n) is 2.76. The molecule has 1 atom stereocenters. The first kappa shape index (κ1) is 8.27. The zero-order chi connectivity index (χ0) is 8.43. The molecule has 1 aromatic heterocycles. The van der Waals surface area contributed by atoms with E-state index in [1.54, 1.807) is 4.68 Å². The van der Waals surface area contributed by atoms with Gasteiger partial charge in [-0.05, 0) is 19.4 Å². The SMILES string of the molecule is CCC(O)c1cc(C)nn1C. The Bertz CT molecular complexity index is 242. The molecule has 3 heteroatoms. The van der Waals surface area contributed by atoms with Gasteiger partial charge >= 0.3 is 0 Å². The molecule has 62 valence electrons. The summed E-state index contributed by atoms with van der Waals surface area (Å²) in [5.74, 6) is 0. The minimum atomic E-state index is -0.374. The van der Waals surface area contributed by atoms with E-state index in [-0.39, 0.29) is 6.10 Å². The summed E-state index contributed by atoms with van der Waals surface area (Å²) in [6, 6.07) is 1.91. The Morgan fingerprint density at radius 1 is 1.73 bits per heavy atom. The smallest absolute Gasteiger partial charge is 0.0954 e. The monoisotopic (exact) mass is 154 g/mol. The molecule has 0 aromatic carbocycles. The van der Waals surface area contributed by atoms with Gasteiger partial charge < -0.3 is 5.11 Å². The van der Waals surface area contributed by atoms with Crippen molar-refractivity contribution in [2.75, 3.05) is 0 Å². The van der Waals surface area contributed by atoms with Gasteiger partial charge in [-0.3, -0.25) is 4.68 Å². The lowest BCUT2D eigenvalue weighted by Crippen LogP contribution is -2.03. The molecule has 0 aliphatic carbocycles. The molecule has 0 aliphatic rings. The van der Waals surface area contributed by atoms with Crippen molar-refractivity contribution in [3.63, 3.8) is 0 Å². The van der Waals surface area contributed by atoms with Gasteiger partial charge in [0.25, 0.3) is 0 Å². The van der Waals surface area contributed by atoms with Crippen molar-refractivity contribution in [3.8, 4) is 0 Å². The fourth-order valence-electron chi connectivity index (χ4n) is 1.15. The lowest BCUT2D eigenvalue weighted by molar-refractivity contribution is 0.164. The number of nitrogens with zero attached hydrogens (tertiary/aromatic N) is 2. The fraction of sp³-hybridized carbons (Fsp3) is 0.625. The summed E-state index contributed by atoms with van der Waals surface area (Å²) in [6.07, 6.45) is 0.361. The predicted octanol–water partition coefficient (Wildman–Crippen LogP) is 1.17. The number of aliphatic hydroxyl groups excluding tert-OH is 1. The summed E-state index contributed by atoms with van der Waals surface area (Å²) >= 11 is 0. The number of aliphatic hydroxyl groups is 1. The molecule has 0 spiro atoms. The normalized spacial score (nSPS) is 13.5. The van der Waals surface area contributed by atoms with Crippen LogP contribution in [0, 0.1) is 6.92 Å². The van der Waals surface area contributed by atoms with Gasteiger partial charge in [-0.15, -0.1) is 0 Å². The van der Waals surface area contributed by atoms with E-state index in [4.69, 9.17) is 0 Å². The van der Waals surface area contributed by atoms with Crippen LogP contribution in [0.4, 0.5) is 0 Å². The molecule has 0 bridgehead atoms. The maximum Gasteiger partial charge on any atom is 0.0954 e. The molecule has 1 N–H and O–H groups in total. The zero-order valence-electron chi connectivity index (χ0n) is 7.20. The summed E-state index contributed by atoms with van der Waals surface area (Å²) < 4.78 is 1.73. The number of rotatable bonds is 2. The molecule has 0 fully saturated rings. The molecule has 0 saturated heterocycles. The highest BCUT2D eigenvalue weighted by Crippen LogP contribution is 2.15. The van der Waals surface area contributed by atoms with Crippen LogP contribution in [0.15, 0.2) is 6.07 Å². The summed E-state index contributed by atoms with van der Waals surface area (Å²) in [6.45, 7) is 3.87. The average Bonchev–Trinajstić information content (AvgIpc) is 2.28. The third-order valence-corrected chi connectivity index (χ3v) is 1.77. The largest absolute Gasteiger partial charge is 0.387 e. The molecule has 3 nitrogen and oxygen atoms in total. The van der Waals surface area contributed by atoms with Crippen LogP contribution in [0.2, 0.25) is 0 Å². The summed E-state index contributed by atoms with van der Waals surface area (Å²) in [5.41, 5.74) is 1.85. The molecule has 11 heavy (non-hydrogen) atoms. The van der Waals surface area contributed by atoms with Gasteiger partial charge in [0.05, 0.1) is 17.5 Å². The van der Waals surface area contributed by atoms with E-state index >= 15 is 0 Å². The van der Waals surface area contributed by atoms with Gasteiger partial charge in [0, 0.05) is 7.05 Å². The number of aryl methyl sites for hydroxylation is 2. The van der Waals surface area contributed by atoms with E-state index in [0.717, 1.165) is 17.8 Å². The van der Waals surface area contributed by atoms with E-state index in [0.29, 0.717) is 0 Å². The Kier molecular flexibility index (Phi) is 2.29. The summed E-state index contributed by atoms with van der Waals surface area (Å²) in [7, 11) is 1.85. The second-order valence-corrected chi connectivity index (χ2v) is 2.76. The topological polar surface area (TPSA) is 38.1 Å². The highest BCUT2D eigenvalue weighted by Gasteiger charge is 2.09. The van der Waals surface area contributed by atoms with Crippen LogP contribution in [-0.2, 0) is 7.05 Å². The third-order valence-electron chi connectivity index (χ3n) is 1.77. The van der Waals surface area contributed by atoms with Gasteiger partial charge in [-0.1, -0.05) is 6.92 Å². The highest BCUT2D eigenvalue weighted by molar-refractivity contribution is 5.10. The van der Waals surface area contributed by atoms with Crippen molar-refractivity contribution in [3.05, 3.63) is 17.5 Å². The van der Waals surface area contributed by atoms with E-state index in [2.05, 4.69) is 5.10 Å². The van der Waals surface area contributed by atoms with Gasteiger partial charge in [-0.25, -0.2) is 0 Å². The zero-order valence-corrected chi connectivity index (χ0v) is 7.20. The Labute approximate surface area is 66.7 Å². The van der Waals surface area contributed by atoms with Crippen LogP contribution in [0.3, 0.4) is 0 Å². The highest BCUT2D eigenvalue weighted by atomic mass is 16.3. The molecule has 0 saturated carbocycles. The van der Waals surface area contributed by atoms with Crippen LogP contribution < -0.4 is 0 Å². The molecule has 1 heterocycles. The van der Waals surface area contributed by atoms with Crippen LogP contribution in [-0.4, -0.2) is 14.9 Å². The van der Waals surface area contributed by atoms with E-state index in [9.17, 15) is 5.11 Å². The van der Waals surface area contributed by atoms with Crippen LogP contribution >= 0.6 is 0 Å². The number of hydrogen-bond donors (Lipinski definition) is 1. The fourth-order valence-corrected chi connectivity index (χ4v) is 1.15. The molecular formula is C8H14N2O. The third kappa shape index (κ3) is 1.60. The molecule has 0 radical (unpaired) electrons. The van der Waals surface area contributed by atoms with Crippen LogP contribution in [0.5, 0.6) is 0 Å². The predicted molar refractivity (Wildman–Crippen MR) is 43.2 cm³/mol. The van der Waals surface area contributed by atoms with Gasteiger partial charge in [0.15, 0.2) is 0 Å². The van der Waals surface area contributed by atoms with Crippen molar-refractivity contribution in [2.45, 2.75) is 26.4 Å². The average molecular weight is 154 g/mol. The molecule has 1 aromatic rings. The standard InChI is InChI=1S/C8H14N2O/c1-4-8(11)7-5-6(2)9-10(7)3/h5,8,11H,4H2,1-3H3. The maximum atomic E-state index is 9.46. The second kappa shape index (κ2) is 3.05.